The molecule has 0 aliphatic rings. The molecular weight excluding hydrogens is 204 g/mol. The minimum absolute atomic E-state index is 0.0938. The van der Waals surface area contributed by atoms with Gasteiger partial charge in [0.1, 0.15) is 0 Å². The molecule has 0 spiro atoms. The van der Waals surface area contributed by atoms with Gasteiger partial charge < -0.3 is 5.11 Å². The molecule has 1 atom stereocenters. The second-order valence-corrected chi connectivity index (χ2v) is 5.28. The van der Waals surface area contributed by atoms with Gasteiger partial charge in [0.25, 0.3) is 10.2 Å². The Hall–Kier alpha value is -0.170. The Kier molecular flexibility index (Phi) is 5.58. The summed E-state index contributed by atoms with van der Waals surface area (Å²) in [6, 6.07) is -0.495. The van der Waals surface area contributed by atoms with Crippen molar-refractivity contribution >= 4 is 10.2 Å². The van der Waals surface area contributed by atoms with E-state index in [1.165, 1.54) is 11.4 Å². The van der Waals surface area contributed by atoms with Gasteiger partial charge in [-0.2, -0.15) is 17.4 Å². The van der Waals surface area contributed by atoms with Gasteiger partial charge in [-0.05, 0) is 20.3 Å². The normalized spacial score (nSPS) is 15.1. The van der Waals surface area contributed by atoms with Crippen LogP contribution in [0.2, 0.25) is 0 Å². The molecule has 0 aliphatic carbocycles. The van der Waals surface area contributed by atoms with Crippen LogP contribution in [0.15, 0.2) is 0 Å². The Morgan fingerprint density at radius 2 is 1.93 bits per heavy atom. The zero-order valence-corrected chi connectivity index (χ0v) is 10.0. The van der Waals surface area contributed by atoms with Gasteiger partial charge in [-0.1, -0.05) is 6.92 Å². The van der Waals surface area contributed by atoms with Gasteiger partial charge in [0.05, 0.1) is 6.61 Å². The van der Waals surface area contributed by atoms with E-state index in [4.69, 9.17) is 5.11 Å². The summed E-state index contributed by atoms with van der Waals surface area (Å²) in [4.78, 5) is 0. The van der Waals surface area contributed by atoms with Crippen LogP contribution >= 0.6 is 0 Å². The number of nitrogens with one attached hydrogen (secondary N) is 1. The lowest BCUT2D eigenvalue weighted by Crippen LogP contribution is -2.47. The Bertz CT molecular complexity index is 247. The van der Waals surface area contributed by atoms with Gasteiger partial charge in [-0.25, -0.2) is 0 Å². The second kappa shape index (κ2) is 5.65. The standard InChI is InChI=1S/C8H20N2O3S/c1-5-8(6-11)9-14(12,13)10(4)7(2)3/h7-9,11H,5-6H2,1-4H3/t8-/m1/s1. The Balaban J connectivity index is 4.48. The molecule has 0 aromatic heterocycles. The lowest BCUT2D eigenvalue weighted by atomic mass is 10.3. The number of hydrogen-bond donors (Lipinski definition) is 2. The molecule has 0 aromatic carbocycles. The summed E-state index contributed by atoms with van der Waals surface area (Å²) in [6.07, 6.45) is 0.571. The minimum Gasteiger partial charge on any atom is -0.395 e. The van der Waals surface area contributed by atoms with Crippen molar-refractivity contribution in [2.24, 2.45) is 0 Å². The quantitative estimate of drug-likeness (QED) is 0.663. The van der Waals surface area contributed by atoms with Gasteiger partial charge >= 0.3 is 0 Å². The molecule has 0 saturated heterocycles. The molecule has 2 N–H and O–H groups in total. The summed E-state index contributed by atoms with van der Waals surface area (Å²) < 4.78 is 26.9. The fourth-order valence-corrected chi connectivity index (χ4v) is 2.20. The molecule has 0 rings (SSSR count). The predicted octanol–water partition coefficient (Wildman–Crippen LogP) is -0.0681. The maximum absolute atomic E-state index is 11.6. The van der Waals surface area contributed by atoms with Crippen molar-refractivity contribution in [1.82, 2.24) is 9.03 Å². The van der Waals surface area contributed by atoms with Crippen LogP contribution in [0.5, 0.6) is 0 Å². The summed E-state index contributed by atoms with van der Waals surface area (Å²) in [5.41, 5.74) is 0. The molecule has 0 aromatic rings. The smallest absolute Gasteiger partial charge is 0.279 e. The molecule has 0 amide bonds. The molecular formula is C8H20N2O3S. The topological polar surface area (TPSA) is 69.6 Å². The third-order valence-electron chi connectivity index (χ3n) is 2.14. The highest BCUT2D eigenvalue weighted by Gasteiger charge is 2.22. The summed E-state index contributed by atoms with van der Waals surface area (Å²) >= 11 is 0. The first-order chi connectivity index (χ1) is 6.35. The zero-order chi connectivity index (χ0) is 11.4. The molecule has 0 aliphatic heterocycles. The van der Waals surface area contributed by atoms with Crippen LogP contribution in [0.4, 0.5) is 0 Å². The summed E-state index contributed by atoms with van der Waals surface area (Å²) in [7, 11) is -1.95. The van der Waals surface area contributed by atoms with E-state index in [-0.39, 0.29) is 12.6 Å². The van der Waals surface area contributed by atoms with Crippen LogP contribution in [0.25, 0.3) is 0 Å². The SMILES string of the molecule is CC[C@H](CO)NS(=O)(=O)N(C)C(C)C. The monoisotopic (exact) mass is 224 g/mol. The third kappa shape index (κ3) is 3.91. The van der Waals surface area contributed by atoms with Crippen LogP contribution in [0.3, 0.4) is 0 Å². The Labute approximate surface area is 86.3 Å². The van der Waals surface area contributed by atoms with Crippen molar-refractivity contribution in [3.63, 3.8) is 0 Å². The highest BCUT2D eigenvalue weighted by molar-refractivity contribution is 7.87. The third-order valence-corrected chi connectivity index (χ3v) is 3.95. The Morgan fingerprint density at radius 1 is 1.43 bits per heavy atom. The van der Waals surface area contributed by atoms with Crippen molar-refractivity contribution < 1.29 is 13.5 Å². The van der Waals surface area contributed by atoms with E-state index in [1.54, 1.807) is 13.8 Å². The summed E-state index contributed by atoms with van der Waals surface area (Å²) in [5, 5.41) is 8.86. The molecule has 0 saturated carbocycles. The van der Waals surface area contributed by atoms with Gasteiger partial charge in [0.15, 0.2) is 0 Å². The van der Waals surface area contributed by atoms with Crippen LogP contribution in [0.1, 0.15) is 27.2 Å². The van der Waals surface area contributed by atoms with Crippen molar-refractivity contribution in [3.8, 4) is 0 Å². The zero-order valence-electron chi connectivity index (χ0n) is 9.19. The highest BCUT2D eigenvalue weighted by atomic mass is 32.2. The van der Waals surface area contributed by atoms with Gasteiger partial charge in [-0.3, -0.25) is 0 Å². The minimum atomic E-state index is -3.46. The number of aliphatic hydroxyl groups excluding tert-OH is 1. The van der Waals surface area contributed by atoms with Crippen molar-refractivity contribution in [3.05, 3.63) is 0 Å². The largest absolute Gasteiger partial charge is 0.395 e. The molecule has 0 unspecified atom stereocenters. The summed E-state index contributed by atoms with van der Waals surface area (Å²) in [5.74, 6) is 0. The number of nitrogens with zero attached hydrogens (tertiary/aromatic N) is 1. The van der Waals surface area contributed by atoms with Gasteiger partial charge in [0, 0.05) is 19.1 Å². The summed E-state index contributed by atoms with van der Waals surface area (Å²) in [6.45, 7) is 5.22. The Morgan fingerprint density at radius 3 is 2.21 bits per heavy atom. The van der Waals surface area contributed by atoms with E-state index in [0.717, 1.165) is 0 Å². The molecule has 86 valence electrons. The average molecular weight is 224 g/mol. The van der Waals surface area contributed by atoms with Crippen LogP contribution in [-0.4, -0.2) is 43.6 Å². The molecule has 0 fully saturated rings. The molecule has 5 nitrogen and oxygen atoms in total. The molecule has 0 radical (unpaired) electrons. The number of aliphatic hydroxyl groups is 1. The van der Waals surface area contributed by atoms with Gasteiger partial charge in [-0.15, -0.1) is 0 Å². The van der Waals surface area contributed by atoms with E-state index in [9.17, 15) is 8.42 Å². The lowest BCUT2D eigenvalue weighted by Gasteiger charge is -2.24. The fraction of sp³-hybridized carbons (Fsp3) is 1.00. The molecule has 6 heteroatoms. The maximum atomic E-state index is 11.6. The van der Waals surface area contributed by atoms with Crippen molar-refractivity contribution in [1.29, 1.82) is 0 Å². The van der Waals surface area contributed by atoms with E-state index >= 15 is 0 Å². The van der Waals surface area contributed by atoms with Crippen molar-refractivity contribution in [2.45, 2.75) is 39.3 Å². The van der Waals surface area contributed by atoms with Crippen LogP contribution < -0.4 is 4.72 Å². The highest BCUT2D eigenvalue weighted by Crippen LogP contribution is 2.02. The van der Waals surface area contributed by atoms with E-state index in [1.807, 2.05) is 6.92 Å². The van der Waals surface area contributed by atoms with E-state index in [2.05, 4.69) is 4.72 Å². The first-order valence-electron chi connectivity index (χ1n) is 4.71. The molecule has 0 heterocycles. The number of rotatable bonds is 6. The van der Waals surface area contributed by atoms with Gasteiger partial charge in [0.2, 0.25) is 0 Å². The molecule has 14 heavy (non-hydrogen) atoms. The first-order valence-corrected chi connectivity index (χ1v) is 6.15. The van der Waals surface area contributed by atoms with Crippen LogP contribution in [-0.2, 0) is 10.2 Å². The number of hydrogen-bond acceptors (Lipinski definition) is 3. The fourth-order valence-electron chi connectivity index (χ4n) is 0.821. The van der Waals surface area contributed by atoms with E-state index in [0.29, 0.717) is 6.42 Å². The lowest BCUT2D eigenvalue weighted by molar-refractivity contribution is 0.250. The first kappa shape index (κ1) is 13.8. The van der Waals surface area contributed by atoms with E-state index < -0.39 is 16.3 Å². The predicted molar refractivity (Wildman–Crippen MR) is 56.1 cm³/mol. The average Bonchev–Trinajstić information content (AvgIpc) is 2.12. The molecule has 0 bridgehead atoms. The van der Waals surface area contributed by atoms with Crippen molar-refractivity contribution in [2.75, 3.05) is 13.7 Å². The van der Waals surface area contributed by atoms with Crippen LogP contribution in [0, 0.1) is 0 Å². The maximum Gasteiger partial charge on any atom is 0.279 e. The second-order valence-electron chi connectivity index (χ2n) is 3.52.